The van der Waals surface area contributed by atoms with Crippen molar-refractivity contribution in [2.75, 3.05) is 5.75 Å². The number of hydrogen-bond donors (Lipinski definition) is 0. The first-order valence-corrected chi connectivity index (χ1v) is 7.79. The van der Waals surface area contributed by atoms with Crippen LogP contribution in [0.15, 0.2) is 24.3 Å². The van der Waals surface area contributed by atoms with Crippen molar-refractivity contribution in [1.82, 2.24) is 4.57 Å². The molecule has 92 valence electrons. The van der Waals surface area contributed by atoms with E-state index in [0.29, 0.717) is 16.9 Å². The van der Waals surface area contributed by atoms with Gasteiger partial charge < -0.3 is 9.12 Å². The summed E-state index contributed by atoms with van der Waals surface area (Å²) >= 11 is 6.70. The molecule has 0 saturated carbocycles. The molecule has 0 unspecified atom stereocenters. The molecule has 0 atom stereocenters. The van der Waals surface area contributed by atoms with Crippen molar-refractivity contribution in [1.29, 1.82) is 0 Å². The van der Waals surface area contributed by atoms with Crippen molar-refractivity contribution in [3.8, 4) is 0 Å². The van der Waals surface area contributed by atoms with E-state index in [0.717, 1.165) is 10.2 Å². The second-order valence-corrected chi connectivity index (χ2v) is 6.80. The summed E-state index contributed by atoms with van der Waals surface area (Å²) in [6.45, 7) is 0.463. The summed E-state index contributed by atoms with van der Waals surface area (Å²) in [6, 6.07) is 7.74. The SMILES string of the molecule is O=S(=O)([O-])CCCn1c(=S)sc2ccccc21.[Na+]. The Balaban J connectivity index is 0.00000162. The Labute approximate surface area is 137 Å². The number of hydrogen-bond acceptors (Lipinski definition) is 5. The molecule has 0 radical (unpaired) electrons. The van der Waals surface area contributed by atoms with Gasteiger partial charge in [-0.1, -0.05) is 12.1 Å². The van der Waals surface area contributed by atoms with Crippen LogP contribution in [0, 0.1) is 3.95 Å². The summed E-state index contributed by atoms with van der Waals surface area (Å²) in [5.74, 6) is -0.348. The third-order valence-electron chi connectivity index (χ3n) is 2.35. The minimum atomic E-state index is -4.14. The minimum absolute atomic E-state index is 0. The molecule has 0 fully saturated rings. The average molecular weight is 311 g/mol. The van der Waals surface area contributed by atoms with Crippen LogP contribution in [0.25, 0.3) is 10.2 Å². The zero-order chi connectivity index (χ0) is 12.5. The van der Waals surface area contributed by atoms with Crippen LogP contribution < -0.4 is 29.6 Å². The van der Waals surface area contributed by atoms with Gasteiger partial charge in [-0.25, -0.2) is 8.42 Å². The third kappa shape index (κ3) is 4.12. The fourth-order valence-electron chi connectivity index (χ4n) is 1.63. The largest absolute Gasteiger partial charge is 1.00 e. The molecule has 0 amide bonds. The zero-order valence-electron chi connectivity index (χ0n) is 9.83. The Bertz CT molecular complexity index is 690. The molecule has 18 heavy (non-hydrogen) atoms. The topological polar surface area (TPSA) is 62.1 Å². The molecule has 0 aliphatic rings. The van der Waals surface area contributed by atoms with Crippen LogP contribution in [0.4, 0.5) is 0 Å². The Morgan fingerprint density at radius 2 is 2.00 bits per heavy atom. The van der Waals surface area contributed by atoms with Gasteiger partial charge in [0.05, 0.1) is 20.3 Å². The maximum atomic E-state index is 10.5. The zero-order valence-corrected chi connectivity index (χ0v) is 14.3. The predicted octanol–water partition coefficient (Wildman–Crippen LogP) is -0.628. The maximum Gasteiger partial charge on any atom is 1.00 e. The molecule has 8 heteroatoms. The first-order valence-electron chi connectivity index (χ1n) is 4.99. The standard InChI is InChI=1S/C10H11NO3S3.Na/c12-17(13,14)7-3-6-11-8-4-1-2-5-9(8)16-10(11)15;/h1-2,4-5H,3,6-7H2,(H,12,13,14);/q;+1/p-1. The molecule has 4 nitrogen and oxygen atoms in total. The monoisotopic (exact) mass is 311 g/mol. The van der Waals surface area contributed by atoms with Crippen molar-refractivity contribution in [3.05, 3.63) is 28.2 Å². The Morgan fingerprint density at radius 1 is 1.33 bits per heavy atom. The second-order valence-electron chi connectivity index (χ2n) is 3.60. The number of rotatable bonds is 4. The van der Waals surface area contributed by atoms with Crippen LogP contribution in [-0.4, -0.2) is 23.3 Å². The molecular weight excluding hydrogens is 301 g/mol. The number of fused-ring (bicyclic) bond motifs is 1. The summed E-state index contributed by atoms with van der Waals surface area (Å²) in [4.78, 5) is 0. The summed E-state index contributed by atoms with van der Waals surface area (Å²) in [7, 11) is -4.14. The third-order valence-corrected chi connectivity index (χ3v) is 4.57. The number of benzene rings is 1. The first-order chi connectivity index (χ1) is 7.97. The van der Waals surface area contributed by atoms with Gasteiger partial charge in [0.2, 0.25) is 0 Å². The number of nitrogens with zero attached hydrogens (tertiary/aromatic N) is 1. The molecule has 1 aromatic heterocycles. The molecule has 2 rings (SSSR count). The van der Waals surface area contributed by atoms with E-state index in [1.807, 2.05) is 28.8 Å². The van der Waals surface area contributed by atoms with Gasteiger partial charge in [0, 0.05) is 12.3 Å². The van der Waals surface area contributed by atoms with Crippen LogP contribution in [0.3, 0.4) is 0 Å². The van der Waals surface area contributed by atoms with Crippen molar-refractivity contribution >= 4 is 43.9 Å². The van der Waals surface area contributed by atoms with Crippen molar-refractivity contribution in [2.24, 2.45) is 0 Å². The van der Waals surface area contributed by atoms with Gasteiger partial charge in [-0.3, -0.25) is 0 Å². The molecule has 2 aromatic rings. The number of para-hydroxylation sites is 1. The molecule has 0 bridgehead atoms. The first kappa shape index (κ1) is 16.3. The van der Waals surface area contributed by atoms with Crippen LogP contribution in [0.2, 0.25) is 0 Å². The van der Waals surface area contributed by atoms with Crippen LogP contribution >= 0.6 is 23.6 Å². The fraction of sp³-hybridized carbons (Fsp3) is 0.300. The average Bonchev–Trinajstić information content (AvgIpc) is 2.54. The molecule has 0 saturated heterocycles. The Morgan fingerprint density at radius 3 is 2.67 bits per heavy atom. The fourth-order valence-corrected chi connectivity index (χ4v) is 3.48. The second kappa shape index (κ2) is 6.60. The van der Waals surface area contributed by atoms with Gasteiger partial charge >= 0.3 is 29.6 Å². The molecule has 0 aliphatic heterocycles. The smallest absolute Gasteiger partial charge is 0.748 e. The van der Waals surface area contributed by atoms with Gasteiger partial charge in [0.25, 0.3) is 0 Å². The molecule has 1 heterocycles. The molecule has 0 N–H and O–H groups in total. The van der Waals surface area contributed by atoms with Gasteiger partial charge in [0.15, 0.2) is 3.95 Å². The van der Waals surface area contributed by atoms with Crippen LogP contribution in [0.5, 0.6) is 0 Å². The predicted molar refractivity (Wildman–Crippen MR) is 69.8 cm³/mol. The van der Waals surface area contributed by atoms with Gasteiger partial charge in [-0.2, -0.15) is 0 Å². The van der Waals surface area contributed by atoms with E-state index in [2.05, 4.69) is 0 Å². The van der Waals surface area contributed by atoms with E-state index in [-0.39, 0.29) is 35.3 Å². The van der Waals surface area contributed by atoms with Gasteiger partial charge in [-0.05, 0) is 30.8 Å². The van der Waals surface area contributed by atoms with Gasteiger partial charge in [0.1, 0.15) is 0 Å². The minimum Gasteiger partial charge on any atom is -0.748 e. The number of aromatic nitrogens is 1. The van der Waals surface area contributed by atoms with E-state index in [1.54, 1.807) is 0 Å². The summed E-state index contributed by atoms with van der Waals surface area (Å²) in [5.41, 5.74) is 0.991. The Hall–Kier alpha value is 0.240. The molecule has 0 aliphatic carbocycles. The number of aryl methyl sites for hydroxylation is 1. The molecule has 1 aromatic carbocycles. The van der Waals surface area contributed by atoms with E-state index < -0.39 is 10.1 Å². The quantitative estimate of drug-likeness (QED) is 0.429. The summed E-state index contributed by atoms with van der Waals surface area (Å²) < 4.78 is 35.2. The van der Waals surface area contributed by atoms with Crippen molar-refractivity contribution in [3.63, 3.8) is 0 Å². The molecular formula is C10H10NNaO3S3. The van der Waals surface area contributed by atoms with E-state index in [1.165, 1.54) is 11.3 Å². The van der Waals surface area contributed by atoms with E-state index in [4.69, 9.17) is 12.2 Å². The van der Waals surface area contributed by atoms with Crippen LogP contribution in [-0.2, 0) is 16.7 Å². The molecule has 0 spiro atoms. The Kier molecular flexibility index (Phi) is 5.98. The van der Waals surface area contributed by atoms with E-state index in [9.17, 15) is 13.0 Å². The summed E-state index contributed by atoms with van der Waals surface area (Å²) in [5, 5.41) is 0. The van der Waals surface area contributed by atoms with Crippen molar-refractivity contribution in [2.45, 2.75) is 13.0 Å². The van der Waals surface area contributed by atoms with Crippen molar-refractivity contribution < 1.29 is 42.5 Å². The van der Waals surface area contributed by atoms with E-state index >= 15 is 0 Å². The number of thiazole rings is 1. The summed E-state index contributed by atoms with van der Waals surface area (Å²) in [6.07, 6.45) is 0.293. The maximum absolute atomic E-state index is 10.5. The normalized spacial score (nSPS) is 11.4. The van der Waals surface area contributed by atoms with Crippen LogP contribution in [0.1, 0.15) is 6.42 Å². The van der Waals surface area contributed by atoms with Gasteiger partial charge in [-0.15, -0.1) is 11.3 Å².